The second-order valence-electron chi connectivity index (χ2n) is 2.29. The van der Waals surface area contributed by atoms with E-state index in [4.69, 9.17) is 4.74 Å². The highest BCUT2D eigenvalue weighted by Gasteiger charge is 2.13. The van der Waals surface area contributed by atoms with Gasteiger partial charge in [-0.25, -0.2) is 0 Å². The molecule has 6 heteroatoms. The van der Waals surface area contributed by atoms with Gasteiger partial charge < -0.3 is 14.9 Å². The molecule has 0 aliphatic heterocycles. The van der Waals surface area contributed by atoms with Crippen LogP contribution in [-0.4, -0.2) is 21.6 Å². The van der Waals surface area contributed by atoms with Crippen LogP contribution in [-0.2, 0) is 11.5 Å². The molecule has 0 bridgehead atoms. The first kappa shape index (κ1) is 8.66. The summed E-state index contributed by atoms with van der Waals surface area (Å²) in [5.41, 5.74) is 0. The number of aromatic nitrogens is 2. The van der Waals surface area contributed by atoms with Crippen molar-refractivity contribution >= 4 is 5.82 Å². The summed E-state index contributed by atoms with van der Waals surface area (Å²) >= 11 is 0. The highest BCUT2D eigenvalue weighted by atomic mass is 16.6. The Kier molecular flexibility index (Phi) is 2.39. The third-order valence-electron chi connectivity index (χ3n) is 1.42. The third-order valence-corrected chi connectivity index (χ3v) is 1.42. The van der Waals surface area contributed by atoms with Crippen molar-refractivity contribution in [3.8, 4) is 0 Å². The molecule has 0 radical (unpaired) electrons. The van der Waals surface area contributed by atoms with Gasteiger partial charge in [-0.3, -0.25) is 4.57 Å². The van der Waals surface area contributed by atoms with Crippen molar-refractivity contribution in [2.24, 2.45) is 0 Å². The molecule has 0 atom stereocenters. The number of rotatable bonds is 3. The molecule has 0 spiro atoms. The number of aryl methyl sites for hydroxylation is 1. The second-order valence-corrected chi connectivity index (χ2v) is 2.29. The Hall–Kier alpha value is -1.43. The summed E-state index contributed by atoms with van der Waals surface area (Å²) < 4.78 is 6.37. The molecule has 0 aliphatic rings. The summed E-state index contributed by atoms with van der Waals surface area (Å²) in [7, 11) is 1.52. The Morgan fingerprint density at radius 3 is 2.92 bits per heavy atom. The Morgan fingerprint density at radius 1 is 1.83 bits per heavy atom. The smallest absolute Gasteiger partial charge is 0.364 e. The molecule has 0 amide bonds. The first-order valence-corrected chi connectivity index (χ1v) is 3.32. The Bertz CT molecular complexity index is 294. The van der Waals surface area contributed by atoms with Crippen molar-refractivity contribution in [3.05, 3.63) is 22.1 Å². The van der Waals surface area contributed by atoms with E-state index in [1.54, 1.807) is 11.5 Å². The molecule has 0 aromatic carbocycles. The SMILES string of the molecule is COCn1cc([N+](=O)[O-])nc1C. The van der Waals surface area contributed by atoms with Crippen molar-refractivity contribution in [2.75, 3.05) is 7.11 Å². The van der Waals surface area contributed by atoms with Gasteiger partial charge in [-0.1, -0.05) is 0 Å². The van der Waals surface area contributed by atoms with Crippen LogP contribution in [0.15, 0.2) is 6.20 Å². The van der Waals surface area contributed by atoms with Gasteiger partial charge in [0.25, 0.3) is 0 Å². The fourth-order valence-electron chi connectivity index (χ4n) is 0.849. The van der Waals surface area contributed by atoms with E-state index in [-0.39, 0.29) is 12.5 Å². The van der Waals surface area contributed by atoms with Crippen molar-refractivity contribution in [3.63, 3.8) is 0 Å². The topological polar surface area (TPSA) is 70.2 Å². The highest BCUT2D eigenvalue weighted by molar-refractivity contribution is 5.16. The molecule has 0 fully saturated rings. The van der Waals surface area contributed by atoms with Crippen molar-refractivity contribution in [2.45, 2.75) is 13.7 Å². The Labute approximate surface area is 68.9 Å². The highest BCUT2D eigenvalue weighted by Crippen LogP contribution is 2.09. The predicted octanol–water partition coefficient (Wildman–Crippen LogP) is 0.704. The molecule has 1 aromatic rings. The monoisotopic (exact) mass is 171 g/mol. The summed E-state index contributed by atoms with van der Waals surface area (Å²) in [6.45, 7) is 1.97. The maximum atomic E-state index is 10.3. The quantitative estimate of drug-likeness (QED) is 0.495. The number of nitro groups is 1. The van der Waals surface area contributed by atoms with Gasteiger partial charge >= 0.3 is 5.82 Å². The number of nitrogens with zero attached hydrogens (tertiary/aromatic N) is 3. The summed E-state index contributed by atoms with van der Waals surface area (Å²) in [4.78, 5) is 13.4. The first-order chi connectivity index (χ1) is 5.65. The lowest BCUT2D eigenvalue weighted by atomic mass is 10.7. The average Bonchev–Trinajstić information content (AvgIpc) is 2.34. The molecule has 1 aromatic heterocycles. The maximum absolute atomic E-state index is 10.3. The third kappa shape index (κ3) is 1.59. The average molecular weight is 171 g/mol. The molecular weight excluding hydrogens is 162 g/mol. The minimum atomic E-state index is -0.529. The second kappa shape index (κ2) is 3.31. The number of hydrogen-bond acceptors (Lipinski definition) is 4. The van der Waals surface area contributed by atoms with Gasteiger partial charge in [-0.05, 0) is 9.91 Å². The summed E-state index contributed by atoms with van der Waals surface area (Å²) in [5.74, 6) is 0.424. The van der Waals surface area contributed by atoms with Crippen molar-refractivity contribution in [1.29, 1.82) is 0 Å². The standard InChI is InChI=1S/C6H9N3O3/c1-5-7-6(9(10)11)3-8(5)4-12-2/h3H,4H2,1-2H3. The molecule has 1 heterocycles. The first-order valence-electron chi connectivity index (χ1n) is 3.32. The zero-order chi connectivity index (χ0) is 9.14. The lowest BCUT2D eigenvalue weighted by molar-refractivity contribution is -0.389. The maximum Gasteiger partial charge on any atom is 0.381 e. The Balaban J connectivity index is 2.92. The number of ether oxygens (including phenoxy) is 1. The van der Waals surface area contributed by atoms with Crippen LogP contribution < -0.4 is 0 Å². The number of methoxy groups -OCH3 is 1. The van der Waals surface area contributed by atoms with Gasteiger partial charge in [-0.15, -0.1) is 0 Å². The van der Waals surface area contributed by atoms with Crippen LogP contribution in [0.5, 0.6) is 0 Å². The minimum absolute atomic E-state index is 0.149. The summed E-state index contributed by atoms with van der Waals surface area (Å²) in [5, 5.41) is 10.3. The zero-order valence-corrected chi connectivity index (χ0v) is 6.85. The van der Waals surface area contributed by atoms with Crippen LogP contribution in [0.2, 0.25) is 0 Å². The van der Waals surface area contributed by atoms with E-state index in [0.717, 1.165) is 0 Å². The van der Waals surface area contributed by atoms with E-state index >= 15 is 0 Å². The molecule has 12 heavy (non-hydrogen) atoms. The van der Waals surface area contributed by atoms with Crippen LogP contribution >= 0.6 is 0 Å². The van der Waals surface area contributed by atoms with E-state index in [9.17, 15) is 10.1 Å². The van der Waals surface area contributed by atoms with Gasteiger partial charge in [-0.2, -0.15) is 0 Å². The fraction of sp³-hybridized carbons (Fsp3) is 0.500. The van der Waals surface area contributed by atoms with Gasteiger partial charge in [0.15, 0.2) is 0 Å². The lowest BCUT2D eigenvalue weighted by Gasteiger charge is -1.97. The van der Waals surface area contributed by atoms with Crippen LogP contribution in [0, 0.1) is 17.0 Å². The molecule has 0 N–H and O–H groups in total. The van der Waals surface area contributed by atoms with Crippen LogP contribution in [0.4, 0.5) is 5.82 Å². The summed E-state index contributed by atoms with van der Waals surface area (Å²) in [6.07, 6.45) is 1.35. The van der Waals surface area contributed by atoms with Gasteiger partial charge in [0.1, 0.15) is 12.9 Å². The molecule has 0 saturated heterocycles. The largest absolute Gasteiger partial charge is 0.381 e. The van der Waals surface area contributed by atoms with Gasteiger partial charge in [0, 0.05) is 14.0 Å². The van der Waals surface area contributed by atoms with E-state index in [0.29, 0.717) is 5.82 Å². The predicted molar refractivity (Wildman–Crippen MR) is 40.6 cm³/mol. The molecule has 1 rings (SSSR count). The summed E-state index contributed by atoms with van der Waals surface area (Å²) in [6, 6.07) is 0. The zero-order valence-electron chi connectivity index (χ0n) is 6.85. The van der Waals surface area contributed by atoms with E-state index < -0.39 is 4.92 Å². The molecule has 0 aliphatic carbocycles. The van der Waals surface area contributed by atoms with E-state index in [2.05, 4.69) is 4.98 Å². The normalized spacial score (nSPS) is 10.2. The number of hydrogen-bond donors (Lipinski definition) is 0. The van der Waals surface area contributed by atoms with Crippen molar-refractivity contribution in [1.82, 2.24) is 9.55 Å². The molecule has 0 unspecified atom stereocenters. The molecular formula is C6H9N3O3. The Morgan fingerprint density at radius 2 is 2.50 bits per heavy atom. The van der Waals surface area contributed by atoms with E-state index in [1.807, 2.05) is 0 Å². The molecule has 66 valence electrons. The molecule has 6 nitrogen and oxygen atoms in total. The van der Waals surface area contributed by atoms with Crippen molar-refractivity contribution < 1.29 is 9.66 Å². The van der Waals surface area contributed by atoms with E-state index in [1.165, 1.54) is 13.3 Å². The minimum Gasteiger partial charge on any atom is -0.364 e. The van der Waals surface area contributed by atoms with Crippen LogP contribution in [0.1, 0.15) is 5.82 Å². The fourth-order valence-corrected chi connectivity index (χ4v) is 0.849. The van der Waals surface area contributed by atoms with Crippen LogP contribution in [0.3, 0.4) is 0 Å². The number of imidazole rings is 1. The van der Waals surface area contributed by atoms with Gasteiger partial charge in [0.05, 0.1) is 0 Å². The molecule has 0 saturated carbocycles. The lowest BCUT2D eigenvalue weighted by Crippen LogP contribution is -1.99. The van der Waals surface area contributed by atoms with Crippen LogP contribution in [0.25, 0.3) is 0 Å². The van der Waals surface area contributed by atoms with Gasteiger partial charge in [0.2, 0.25) is 5.82 Å².